The molecule has 1 aliphatic rings. The third kappa shape index (κ3) is 3.33. The lowest BCUT2D eigenvalue weighted by Crippen LogP contribution is -2.39. The molecule has 0 bridgehead atoms. The van der Waals surface area contributed by atoms with Crippen molar-refractivity contribution in [2.75, 3.05) is 6.79 Å². The number of fused-ring (bicyclic) bond motifs is 1. The summed E-state index contributed by atoms with van der Waals surface area (Å²) >= 11 is 0. The average Bonchev–Trinajstić information content (AvgIpc) is 3.07. The highest BCUT2D eigenvalue weighted by atomic mass is 16.7. The lowest BCUT2D eigenvalue weighted by Gasteiger charge is -2.27. The molecule has 0 radical (unpaired) electrons. The summed E-state index contributed by atoms with van der Waals surface area (Å²) in [7, 11) is 0. The smallest absolute Gasteiger partial charge is 0.231 e. The fourth-order valence-electron chi connectivity index (χ4n) is 2.96. The number of ketones is 1. The molecule has 2 aromatic carbocycles. The molecule has 130 valence electrons. The minimum atomic E-state index is -1.31. The molecule has 1 atom stereocenters. The van der Waals surface area contributed by atoms with Gasteiger partial charge in [-0.25, -0.2) is 0 Å². The van der Waals surface area contributed by atoms with Gasteiger partial charge in [0.05, 0.1) is 5.92 Å². The quantitative estimate of drug-likeness (QED) is 0.453. The van der Waals surface area contributed by atoms with Gasteiger partial charge < -0.3 is 9.47 Å². The maximum atomic E-state index is 12.7. The van der Waals surface area contributed by atoms with E-state index in [4.69, 9.17) is 9.47 Å². The number of nitrogens with zero attached hydrogens (tertiary/aromatic N) is 1. The number of ether oxygens (including phenoxy) is 2. The number of benzene rings is 2. The second kappa shape index (κ2) is 6.55. The third-order valence-corrected chi connectivity index (χ3v) is 4.61. The number of Topliss-reactive ketones (excluding diaryl/α,β-unsaturated/α-hetero) is 1. The number of hydrogen-bond acceptors (Lipinski definition) is 5. The Kier molecular flexibility index (Phi) is 4.44. The summed E-state index contributed by atoms with van der Waals surface area (Å²) in [4.78, 5) is 23.9. The van der Waals surface area contributed by atoms with E-state index in [9.17, 15) is 14.9 Å². The molecule has 0 spiro atoms. The molecule has 0 aliphatic carbocycles. The minimum Gasteiger partial charge on any atom is -0.454 e. The van der Waals surface area contributed by atoms with Gasteiger partial charge in [-0.05, 0) is 17.7 Å². The number of carbonyl (C=O) groups excluding carboxylic acids is 1. The van der Waals surface area contributed by atoms with Gasteiger partial charge in [-0.1, -0.05) is 36.4 Å². The first-order valence-corrected chi connectivity index (χ1v) is 8.02. The number of carbonyl (C=O) groups is 1. The van der Waals surface area contributed by atoms with Crippen LogP contribution in [0.1, 0.15) is 42.1 Å². The molecule has 6 heteroatoms. The Morgan fingerprint density at radius 3 is 2.52 bits per heavy atom. The van der Waals surface area contributed by atoms with Crippen LogP contribution in [0.15, 0.2) is 48.5 Å². The summed E-state index contributed by atoms with van der Waals surface area (Å²) in [5, 5.41) is 11.6. The zero-order chi connectivity index (χ0) is 18.0. The molecule has 0 amide bonds. The minimum absolute atomic E-state index is 0.0393. The highest BCUT2D eigenvalue weighted by Gasteiger charge is 2.43. The van der Waals surface area contributed by atoms with E-state index < -0.39 is 11.5 Å². The monoisotopic (exact) mass is 341 g/mol. The second-order valence-electron chi connectivity index (χ2n) is 6.57. The molecule has 0 saturated carbocycles. The molecular weight excluding hydrogens is 322 g/mol. The van der Waals surface area contributed by atoms with Crippen LogP contribution in [0, 0.1) is 10.1 Å². The Balaban J connectivity index is 1.96. The number of nitro groups is 1. The molecule has 1 aliphatic heterocycles. The van der Waals surface area contributed by atoms with Crippen LogP contribution in [-0.2, 0) is 0 Å². The van der Waals surface area contributed by atoms with E-state index in [2.05, 4.69) is 0 Å². The fraction of sp³-hybridized carbons (Fsp3) is 0.316. The van der Waals surface area contributed by atoms with Crippen molar-refractivity contribution in [1.82, 2.24) is 0 Å². The van der Waals surface area contributed by atoms with E-state index in [-0.39, 0.29) is 23.9 Å². The van der Waals surface area contributed by atoms with E-state index >= 15 is 0 Å². The largest absolute Gasteiger partial charge is 0.454 e. The standard InChI is InChI=1S/C19H19NO5/c1-19(2,20(22)23)15(11-16(21)13-6-4-3-5-7-13)14-8-9-17-18(10-14)25-12-24-17/h3-10,15H,11-12H2,1-2H3. The second-order valence-corrected chi connectivity index (χ2v) is 6.57. The predicted molar refractivity (Wildman–Crippen MR) is 91.8 cm³/mol. The van der Waals surface area contributed by atoms with Crippen molar-refractivity contribution in [3.63, 3.8) is 0 Å². The molecule has 0 N–H and O–H groups in total. The van der Waals surface area contributed by atoms with E-state index in [1.807, 2.05) is 6.07 Å². The summed E-state index contributed by atoms with van der Waals surface area (Å²) in [5.74, 6) is 0.438. The SMILES string of the molecule is CC(C)(C(CC(=O)c1ccccc1)c1ccc2c(c1)OCO2)[N+](=O)[O-]. The van der Waals surface area contributed by atoms with Crippen molar-refractivity contribution >= 4 is 5.78 Å². The van der Waals surface area contributed by atoms with Crippen molar-refractivity contribution < 1.29 is 19.2 Å². The maximum absolute atomic E-state index is 12.7. The average molecular weight is 341 g/mol. The third-order valence-electron chi connectivity index (χ3n) is 4.61. The summed E-state index contributed by atoms with van der Waals surface area (Å²) in [6.45, 7) is 3.21. The van der Waals surface area contributed by atoms with Crippen LogP contribution in [0.3, 0.4) is 0 Å². The molecule has 1 heterocycles. The van der Waals surface area contributed by atoms with Gasteiger partial charge in [0.2, 0.25) is 12.3 Å². The van der Waals surface area contributed by atoms with Crippen molar-refractivity contribution in [3.05, 3.63) is 69.8 Å². The highest BCUT2D eigenvalue weighted by Crippen LogP contribution is 2.40. The van der Waals surface area contributed by atoms with Crippen LogP contribution in [0.4, 0.5) is 0 Å². The Labute approximate surface area is 145 Å². The Morgan fingerprint density at radius 2 is 1.84 bits per heavy atom. The fourth-order valence-corrected chi connectivity index (χ4v) is 2.96. The Morgan fingerprint density at radius 1 is 1.16 bits per heavy atom. The van der Waals surface area contributed by atoms with Crippen LogP contribution >= 0.6 is 0 Å². The predicted octanol–water partition coefficient (Wildman–Crippen LogP) is 3.83. The Hall–Kier alpha value is -2.89. The van der Waals surface area contributed by atoms with Crippen LogP contribution in [-0.4, -0.2) is 23.0 Å². The molecule has 0 aromatic heterocycles. The van der Waals surface area contributed by atoms with Gasteiger partial charge in [0.1, 0.15) is 0 Å². The van der Waals surface area contributed by atoms with E-state index in [1.54, 1.807) is 56.3 Å². The van der Waals surface area contributed by atoms with Crippen LogP contribution in [0.25, 0.3) is 0 Å². The first-order valence-electron chi connectivity index (χ1n) is 8.02. The zero-order valence-corrected chi connectivity index (χ0v) is 14.1. The number of hydrogen-bond donors (Lipinski definition) is 0. The molecule has 2 aromatic rings. The summed E-state index contributed by atoms with van der Waals surface area (Å²) in [5.41, 5.74) is -0.0689. The van der Waals surface area contributed by atoms with Crippen molar-refractivity contribution in [2.24, 2.45) is 0 Å². The first kappa shape index (κ1) is 17.0. The lowest BCUT2D eigenvalue weighted by atomic mass is 9.78. The maximum Gasteiger partial charge on any atom is 0.231 e. The molecule has 25 heavy (non-hydrogen) atoms. The first-order chi connectivity index (χ1) is 11.9. The van der Waals surface area contributed by atoms with Crippen molar-refractivity contribution in [1.29, 1.82) is 0 Å². The van der Waals surface area contributed by atoms with Crippen molar-refractivity contribution in [3.8, 4) is 11.5 Å². The normalized spacial score (nSPS) is 14.2. The van der Waals surface area contributed by atoms with Crippen LogP contribution in [0.2, 0.25) is 0 Å². The molecule has 6 nitrogen and oxygen atoms in total. The zero-order valence-electron chi connectivity index (χ0n) is 14.1. The van der Waals surface area contributed by atoms with E-state index in [0.717, 1.165) is 0 Å². The van der Waals surface area contributed by atoms with Crippen LogP contribution in [0.5, 0.6) is 11.5 Å². The Bertz CT molecular complexity index is 801. The molecule has 3 rings (SSSR count). The van der Waals surface area contributed by atoms with Crippen LogP contribution < -0.4 is 9.47 Å². The summed E-state index contributed by atoms with van der Waals surface area (Å²) in [6, 6.07) is 14.1. The lowest BCUT2D eigenvalue weighted by molar-refractivity contribution is -0.565. The van der Waals surface area contributed by atoms with Gasteiger partial charge >= 0.3 is 0 Å². The van der Waals surface area contributed by atoms with Gasteiger partial charge in [0.15, 0.2) is 17.3 Å². The summed E-state index contributed by atoms with van der Waals surface area (Å²) in [6.07, 6.45) is 0.0393. The van der Waals surface area contributed by atoms with Gasteiger partial charge in [-0.2, -0.15) is 0 Å². The topological polar surface area (TPSA) is 78.7 Å². The molecule has 0 saturated heterocycles. The van der Waals surface area contributed by atoms with E-state index in [0.29, 0.717) is 22.6 Å². The van der Waals surface area contributed by atoms with Gasteiger partial charge in [-0.15, -0.1) is 0 Å². The van der Waals surface area contributed by atoms with Gasteiger partial charge in [0.25, 0.3) is 0 Å². The van der Waals surface area contributed by atoms with Crippen molar-refractivity contribution in [2.45, 2.75) is 31.7 Å². The van der Waals surface area contributed by atoms with Gasteiger partial charge in [0, 0.05) is 30.8 Å². The van der Waals surface area contributed by atoms with Gasteiger partial charge in [-0.3, -0.25) is 14.9 Å². The molecular formula is C19H19NO5. The van der Waals surface area contributed by atoms with E-state index in [1.165, 1.54) is 0 Å². The number of rotatable bonds is 6. The highest BCUT2D eigenvalue weighted by molar-refractivity contribution is 5.96. The molecule has 1 unspecified atom stereocenters. The summed E-state index contributed by atoms with van der Waals surface area (Å²) < 4.78 is 10.7. The molecule has 0 fully saturated rings.